The van der Waals surface area contributed by atoms with Crippen molar-refractivity contribution in [2.45, 2.75) is 50.8 Å². The number of carboxylic acid groups (broad SMARTS) is 1. The van der Waals surface area contributed by atoms with Gasteiger partial charge in [0.1, 0.15) is 0 Å². The van der Waals surface area contributed by atoms with Crippen LogP contribution in [-0.4, -0.2) is 28.0 Å². The standard InChI is InChI=1S/C7H14O.C2HF3O2/c1-7(8)5-3-2-4-6-7;3-2(4,5)1(6)7/h8H,2-6H2,1H3;(H,6,7). The molecule has 0 aromatic carbocycles. The van der Waals surface area contributed by atoms with Crippen molar-refractivity contribution in [3.63, 3.8) is 0 Å². The summed E-state index contributed by atoms with van der Waals surface area (Å²) < 4.78 is 31.7. The Hall–Kier alpha value is -0.780. The molecule has 1 aliphatic rings. The number of aliphatic hydroxyl groups is 1. The van der Waals surface area contributed by atoms with E-state index < -0.39 is 12.1 Å². The van der Waals surface area contributed by atoms with Crippen LogP contribution < -0.4 is 0 Å². The predicted octanol–water partition coefficient (Wildman–Crippen LogP) is 2.33. The van der Waals surface area contributed by atoms with Crippen molar-refractivity contribution < 1.29 is 28.2 Å². The number of alkyl halides is 3. The van der Waals surface area contributed by atoms with Crippen LogP contribution in [0.4, 0.5) is 13.2 Å². The van der Waals surface area contributed by atoms with E-state index >= 15 is 0 Å². The lowest BCUT2D eigenvalue weighted by molar-refractivity contribution is -0.192. The summed E-state index contributed by atoms with van der Waals surface area (Å²) >= 11 is 0. The molecule has 6 heteroatoms. The lowest BCUT2D eigenvalue weighted by Crippen LogP contribution is -2.26. The van der Waals surface area contributed by atoms with Gasteiger partial charge in [-0.05, 0) is 19.8 Å². The first-order chi connectivity index (χ1) is 6.65. The van der Waals surface area contributed by atoms with E-state index in [0.29, 0.717) is 0 Å². The van der Waals surface area contributed by atoms with E-state index in [9.17, 15) is 18.3 Å². The molecule has 1 rings (SSSR count). The zero-order valence-electron chi connectivity index (χ0n) is 8.47. The van der Waals surface area contributed by atoms with E-state index in [1.807, 2.05) is 6.92 Å². The van der Waals surface area contributed by atoms with Crippen LogP contribution >= 0.6 is 0 Å². The number of halogens is 3. The van der Waals surface area contributed by atoms with Crippen LogP contribution in [-0.2, 0) is 4.79 Å². The molecule has 2 N–H and O–H groups in total. The Morgan fingerprint density at radius 1 is 1.20 bits per heavy atom. The van der Waals surface area contributed by atoms with Crippen LogP contribution in [0.15, 0.2) is 0 Å². The fourth-order valence-corrected chi connectivity index (χ4v) is 1.31. The largest absolute Gasteiger partial charge is 0.490 e. The van der Waals surface area contributed by atoms with Crippen molar-refractivity contribution in [1.82, 2.24) is 0 Å². The van der Waals surface area contributed by atoms with Crippen molar-refractivity contribution in [1.29, 1.82) is 0 Å². The summed E-state index contributed by atoms with van der Waals surface area (Å²) in [6.07, 6.45) is 0.677. The van der Waals surface area contributed by atoms with Gasteiger partial charge in [0.2, 0.25) is 0 Å². The van der Waals surface area contributed by atoms with Gasteiger partial charge in [-0.1, -0.05) is 19.3 Å². The Balaban J connectivity index is 0.000000265. The Morgan fingerprint density at radius 3 is 1.67 bits per heavy atom. The normalized spacial score (nSPS) is 20.1. The van der Waals surface area contributed by atoms with E-state index in [4.69, 9.17) is 9.90 Å². The van der Waals surface area contributed by atoms with Gasteiger partial charge in [0.15, 0.2) is 0 Å². The summed E-state index contributed by atoms with van der Waals surface area (Å²) in [5.41, 5.74) is -0.321. The van der Waals surface area contributed by atoms with Gasteiger partial charge in [0.25, 0.3) is 0 Å². The third-order valence-corrected chi connectivity index (χ3v) is 2.17. The van der Waals surface area contributed by atoms with Crippen LogP contribution in [0, 0.1) is 0 Å². The molecule has 0 heterocycles. The molecule has 0 bridgehead atoms. The molecule has 0 amide bonds. The molecule has 3 nitrogen and oxygen atoms in total. The van der Waals surface area contributed by atoms with Crippen molar-refractivity contribution in [2.75, 3.05) is 0 Å². The van der Waals surface area contributed by atoms with Crippen LogP contribution in [0.3, 0.4) is 0 Å². The number of hydrogen-bond donors (Lipinski definition) is 2. The summed E-state index contributed by atoms with van der Waals surface area (Å²) in [4.78, 5) is 8.90. The summed E-state index contributed by atoms with van der Waals surface area (Å²) in [5.74, 6) is -2.76. The third-order valence-electron chi connectivity index (χ3n) is 2.17. The van der Waals surface area contributed by atoms with Gasteiger partial charge in [-0.2, -0.15) is 13.2 Å². The summed E-state index contributed by atoms with van der Waals surface area (Å²) in [7, 11) is 0. The fourth-order valence-electron chi connectivity index (χ4n) is 1.31. The van der Waals surface area contributed by atoms with E-state index in [1.165, 1.54) is 19.3 Å². The first-order valence-electron chi connectivity index (χ1n) is 4.68. The highest BCUT2D eigenvalue weighted by Gasteiger charge is 2.38. The quantitative estimate of drug-likeness (QED) is 0.669. The molecule has 1 saturated carbocycles. The first kappa shape index (κ1) is 14.2. The van der Waals surface area contributed by atoms with Crippen molar-refractivity contribution >= 4 is 5.97 Å². The van der Waals surface area contributed by atoms with Gasteiger partial charge in [-0.3, -0.25) is 0 Å². The van der Waals surface area contributed by atoms with Gasteiger partial charge < -0.3 is 10.2 Å². The number of carboxylic acids is 1. The highest BCUT2D eigenvalue weighted by Crippen LogP contribution is 2.26. The van der Waals surface area contributed by atoms with Crippen molar-refractivity contribution in [2.24, 2.45) is 0 Å². The monoisotopic (exact) mass is 228 g/mol. The number of aliphatic carboxylic acids is 1. The maximum atomic E-state index is 10.6. The van der Waals surface area contributed by atoms with E-state index in [-0.39, 0.29) is 5.60 Å². The number of rotatable bonds is 0. The molecule has 0 aromatic heterocycles. The Bertz CT molecular complexity index is 203. The average Bonchev–Trinajstić information content (AvgIpc) is 2.02. The number of carbonyl (C=O) groups is 1. The first-order valence-corrected chi connectivity index (χ1v) is 4.68. The molecule has 0 aliphatic heterocycles. The molecule has 0 aromatic rings. The van der Waals surface area contributed by atoms with Crippen LogP contribution in [0.5, 0.6) is 0 Å². The maximum absolute atomic E-state index is 10.6. The topological polar surface area (TPSA) is 57.5 Å². The molecule has 0 atom stereocenters. The van der Waals surface area contributed by atoms with Gasteiger partial charge >= 0.3 is 12.1 Å². The smallest absolute Gasteiger partial charge is 0.475 e. The molecule has 0 spiro atoms. The van der Waals surface area contributed by atoms with Gasteiger partial charge in [-0.15, -0.1) is 0 Å². The Morgan fingerprint density at radius 2 is 1.53 bits per heavy atom. The van der Waals surface area contributed by atoms with Crippen LogP contribution in [0.1, 0.15) is 39.0 Å². The van der Waals surface area contributed by atoms with Gasteiger partial charge in [0.05, 0.1) is 5.60 Å². The van der Waals surface area contributed by atoms with Gasteiger partial charge in [-0.25, -0.2) is 4.79 Å². The lowest BCUT2D eigenvalue weighted by Gasteiger charge is -2.27. The minimum Gasteiger partial charge on any atom is -0.475 e. The summed E-state index contributed by atoms with van der Waals surface area (Å²) in [6, 6.07) is 0. The molecule has 0 saturated heterocycles. The average molecular weight is 228 g/mol. The highest BCUT2D eigenvalue weighted by atomic mass is 19.4. The third kappa shape index (κ3) is 7.18. The van der Waals surface area contributed by atoms with Crippen LogP contribution in [0.2, 0.25) is 0 Å². The lowest BCUT2D eigenvalue weighted by atomic mass is 9.87. The second kappa shape index (κ2) is 5.34. The molecule has 15 heavy (non-hydrogen) atoms. The molecular weight excluding hydrogens is 213 g/mol. The molecule has 1 fully saturated rings. The second-order valence-corrected chi connectivity index (χ2v) is 3.86. The summed E-state index contributed by atoms with van der Waals surface area (Å²) in [5, 5.41) is 16.5. The molecule has 0 unspecified atom stereocenters. The van der Waals surface area contributed by atoms with Crippen molar-refractivity contribution in [3.05, 3.63) is 0 Å². The second-order valence-electron chi connectivity index (χ2n) is 3.86. The highest BCUT2D eigenvalue weighted by molar-refractivity contribution is 5.73. The van der Waals surface area contributed by atoms with E-state index in [1.54, 1.807) is 0 Å². The molecule has 1 aliphatic carbocycles. The van der Waals surface area contributed by atoms with E-state index in [2.05, 4.69) is 0 Å². The molecule has 90 valence electrons. The summed E-state index contributed by atoms with van der Waals surface area (Å²) in [6.45, 7) is 1.94. The number of hydrogen-bond acceptors (Lipinski definition) is 2. The predicted molar refractivity (Wildman–Crippen MR) is 47.4 cm³/mol. The molecule has 0 radical (unpaired) electrons. The van der Waals surface area contributed by atoms with E-state index in [0.717, 1.165) is 12.8 Å². The maximum Gasteiger partial charge on any atom is 0.490 e. The van der Waals surface area contributed by atoms with Crippen molar-refractivity contribution in [3.8, 4) is 0 Å². The van der Waals surface area contributed by atoms with Gasteiger partial charge in [0, 0.05) is 0 Å². The minimum atomic E-state index is -5.08. The zero-order valence-corrected chi connectivity index (χ0v) is 8.47. The Labute approximate surface area is 85.9 Å². The zero-order chi connectivity index (χ0) is 12.1. The minimum absolute atomic E-state index is 0.321. The van der Waals surface area contributed by atoms with Crippen LogP contribution in [0.25, 0.3) is 0 Å². The Kier molecular flexibility index (Phi) is 5.07. The SMILES string of the molecule is CC1(O)CCCCC1.O=C(O)C(F)(F)F. The molecular formula is C9H15F3O3. The fraction of sp³-hybridized carbons (Fsp3) is 0.889.